The third-order valence-corrected chi connectivity index (χ3v) is 2.76. The molecule has 1 aromatic carbocycles. The minimum Gasteiger partial charge on any atom is -0.379 e. The number of hydrogen-bond donors (Lipinski definition) is 0. The van der Waals surface area contributed by atoms with Crippen molar-refractivity contribution < 1.29 is 9.13 Å². The molecular weight excluding hydrogens is 193 g/mol. The second-order valence-corrected chi connectivity index (χ2v) is 3.80. The topological polar surface area (TPSA) is 12.5 Å². The van der Waals surface area contributed by atoms with Gasteiger partial charge in [0, 0.05) is 19.6 Å². The molecule has 3 heteroatoms. The molecule has 0 unspecified atom stereocenters. The number of rotatable bonds is 3. The molecule has 1 fully saturated rings. The SMILES string of the molecule is Fc1ccccc1CCN1CCOCC1. The molecule has 0 aromatic heterocycles. The molecule has 0 aliphatic carbocycles. The molecule has 0 radical (unpaired) electrons. The lowest BCUT2D eigenvalue weighted by atomic mass is 10.1. The van der Waals surface area contributed by atoms with Crippen molar-refractivity contribution in [2.24, 2.45) is 0 Å². The molecule has 0 saturated carbocycles. The van der Waals surface area contributed by atoms with Crippen LogP contribution in [0.25, 0.3) is 0 Å². The first-order chi connectivity index (χ1) is 7.36. The van der Waals surface area contributed by atoms with Crippen LogP contribution < -0.4 is 0 Å². The maximum Gasteiger partial charge on any atom is 0.126 e. The Morgan fingerprint density at radius 1 is 1.20 bits per heavy atom. The van der Waals surface area contributed by atoms with Gasteiger partial charge in [-0.05, 0) is 18.1 Å². The van der Waals surface area contributed by atoms with E-state index in [0.717, 1.165) is 44.8 Å². The quantitative estimate of drug-likeness (QED) is 0.751. The summed E-state index contributed by atoms with van der Waals surface area (Å²) in [4.78, 5) is 2.32. The van der Waals surface area contributed by atoms with E-state index in [4.69, 9.17) is 4.74 Å². The standard InChI is InChI=1S/C12H16FNO/c13-12-4-2-1-3-11(12)5-6-14-7-9-15-10-8-14/h1-4H,5-10H2. The zero-order chi connectivity index (χ0) is 10.5. The van der Waals surface area contributed by atoms with Gasteiger partial charge in [0.05, 0.1) is 13.2 Å². The summed E-state index contributed by atoms with van der Waals surface area (Å²) in [5.41, 5.74) is 0.809. The normalized spacial score (nSPS) is 17.9. The van der Waals surface area contributed by atoms with Crippen LogP contribution in [0, 0.1) is 5.82 Å². The van der Waals surface area contributed by atoms with E-state index in [2.05, 4.69) is 4.90 Å². The summed E-state index contributed by atoms with van der Waals surface area (Å²) in [5.74, 6) is -0.0919. The molecule has 1 heterocycles. The Hall–Kier alpha value is -0.930. The third kappa shape index (κ3) is 3.01. The summed E-state index contributed by atoms with van der Waals surface area (Å²) in [6.45, 7) is 4.46. The fraction of sp³-hybridized carbons (Fsp3) is 0.500. The molecular formula is C12H16FNO. The molecule has 2 nitrogen and oxygen atoms in total. The highest BCUT2D eigenvalue weighted by molar-refractivity contribution is 5.17. The zero-order valence-electron chi connectivity index (χ0n) is 8.79. The molecule has 82 valence electrons. The van der Waals surface area contributed by atoms with Crippen LogP contribution in [0.1, 0.15) is 5.56 Å². The van der Waals surface area contributed by atoms with Crippen molar-refractivity contribution >= 4 is 0 Å². The van der Waals surface area contributed by atoms with Gasteiger partial charge in [0.15, 0.2) is 0 Å². The van der Waals surface area contributed by atoms with Gasteiger partial charge in [-0.25, -0.2) is 4.39 Å². The molecule has 1 aliphatic heterocycles. The fourth-order valence-electron chi connectivity index (χ4n) is 1.80. The summed E-state index contributed by atoms with van der Waals surface area (Å²) in [5, 5.41) is 0. The number of benzene rings is 1. The van der Waals surface area contributed by atoms with Gasteiger partial charge in [-0.2, -0.15) is 0 Å². The van der Waals surface area contributed by atoms with Crippen LogP contribution in [0.3, 0.4) is 0 Å². The first-order valence-corrected chi connectivity index (χ1v) is 5.40. The van der Waals surface area contributed by atoms with Gasteiger partial charge in [-0.15, -0.1) is 0 Å². The first-order valence-electron chi connectivity index (χ1n) is 5.40. The molecule has 15 heavy (non-hydrogen) atoms. The largest absolute Gasteiger partial charge is 0.379 e. The third-order valence-electron chi connectivity index (χ3n) is 2.76. The second-order valence-electron chi connectivity index (χ2n) is 3.80. The van der Waals surface area contributed by atoms with Gasteiger partial charge in [-0.1, -0.05) is 18.2 Å². The number of hydrogen-bond acceptors (Lipinski definition) is 2. The Labute approximate surface area is 89.7 Å². The molecule has 1 saturated heterocycles. The van der Waals surface area contributed by atoms with Crippen LogP contribution >= 0.6 is 0 Å². The molecule has 2 rings (SSSR count). The van der Waals surface area contributed by atoms with Crippen molar-refractivity contribution in [3.63, 3.8) is 0 Å². The Kier molecular flexibility index (Phi) is 3.69. The van der Waals surface area contributed by atoms with Crippen molar-refractivity contribution in [2.45, 2.75) is 6.42 Å². The van der Waals surface area contributed by atoms with Crippen LogP contribution in [0.5, 0.6) is 0 Å². The van der Waals surface area contributed by atoms with E-state index in [1.165, 1.54) is 6.07 Å². The summed E-state index contributed by atoms with van der Waals surface area (Å²) in [6.07, 6.45) is 0.784. The molecule has 0 spiro atoms. The van der Waals surface area contributed by atoms with E-state index < -0.39 is 0 Å². The maximum absolute atomic E-state index is 13.3. The number of nitrogens with zero attached hydrogens (tertiary/aromatic N) is 1. The highest BCUT2D eigenvalue weighted by Gasteiger charge is 2.10. The number of morpholine rings is 1. The van der Waals surface area contributed by atoms with Crippen LogP contribution in [-0.4, -0.2) is 37.7 Å². The van der Waals surface area contributed by atoms with Crippen molar-refractivity contribution in [1.29, 1.82) is 0 Å². The van der Waals surface area contributed by atoms with Crippen molar-refractivity contribution in [3.05, 3.63) is 35.6 Å². The van der Waals surface area contributed by atoms with Gasteiger partial charge in [0.2, 0.25) is 0 Å². The van der Waals surface area contributed by atoms with E-state index in [1.54, 1.807) is 6.07 Å². The lowest BCUT2D eigenvalue weighted by Gasteiger charge is -2.26. The number of halogens is 1. The first kappa shape index (κ1) is 10.6. The fourth-order valence-corrected chi connectivity index (χ4v) is 1.80. The summed E-state index contributed by atoms with van der Waals surface area (Å²) >= 11 is 0. The van der Waals surface area contributed by atoms with E-state index in [-0.39, 0.29) is 5.82 Å². The van der Waals surface area contributed by atoms with Gasteiger partial charge in [0.25, 0.3) is 0 Å². The zero-order valence-corrected chi connectivity index (χ0v) is 8.79. The number of ether oxygens (including phenoxy) is 1. The average molecular weight is 209 g/mol. The van der Waals surface area contributed by atoms with E-state index in [1.807, 2.05) is 12.1 Å². The van der Waals surface area contributed by atoms with Crippen molar-refractivity contribution in [1.82, 2.24) is 4.90 Å². The monoisotopic (exact) mass is 209 g/mol. The molecule has 0 atom stereocenters. The van der Waals surface area contributed by atoms with Crippen LogP contribution in [0.4, 0.5) is 4.39 Å². The highest BCUT2D eigenvalue weighted by Crippen LogP contribution is 2.08. The predicted octanol–water partition coefficient (Wildman–Crippen LogP) is 1.70. The van der Waals surface area contributed by atoms with Gasteiger partial charge in [-0.3, -0.25) is 4.90 Å². The molecule has 0 amide bonds. The van der Waals surface area contributed by atoms with Crippen LogP contribution in [0.2, 0.25) is 0 Å². The van der Waals surface area contributed by atoms with E-state index in [9.17, 15) is 4.39 Å². The van der Waals surface area contributed by atoms with Crippen molar-refractivity contribution in [3.8, 4) is 0 Å². The summed E-state index contributed by atoms with van der Waals surface area (Å²) < 4.78 is 18.6. The van der Waals surface area contributed by atoms with Gasteiger partial charge in [0.1, 0.15) is 5.82 Å². The molecule has 0 bridgehead atoms. The Morgan fingerprint density at radius 2 is 1.93 bits per heavy atom. The lowest BCUT2D eigenvalue weighted by molar-refractivity contribution is 0.0383. The van der Waals surface area contributed by atoms with Gasteiger partial charge < -0.3 is 4.74 Å². The Morgan fingerprint density at radius 3 is 2.67 bits per heavy atom. The lowest BCUT2D eigenvalue weighted by Crippen LogP contribution is -2.37. The smallest absolute Gasteiger partial charge is 0.126 e. The minimum atomic E-state index is -0.0919. The summed E-state index contributed by atoms with van der Waals surface area (Å²) in [7, 11) is 0. The highest BCUT2D eigenvalue weighted by atomic mass is 19.1. The Bertz CT molecular complexity index is 310. The molecule has 0 N–H and O–H groups in total. The van der Waals surface area contributed by atoms with Crippen LogP contribution in [0.15, 0.2) is 24.3 Å². The maximum atomic E-state index is 13.3. The van der Waals surface area contributed by atoms with Crippen LogP contribution in [-0.2, 0) is 11.2 Å². The molecule has 1 aliphatic rings. The summed E-state index contributed by atoms with van der Waals surface area (Å²) in [6, 6.07) is 7.00. The predicted molar refractivity (Wildman–Crippen MR) is 57.4 cm³/mol. The van der Waals surface area contributed by atoms with Gasteiger partial charge >= 0.3 is 0 Å². The average Bonchev–Trinajstić information content (AvgIpc) is 2.29. The van der Waals surface area contributed by atoms with Crippen molar-refractivity contribution in [2.75, 3.05) is 32.8 Å². The Balaban J connectivity index is 1.84. The second kappa shape index (κ2) is 5.24. The minimum absolute atomic E-state index is 0.0919. The molecule has 1 aromatic rings. The van der Waals surface area contributed by atoms with E-state index >= 15 is 0 Å². The van der Waals surface area contributed by atoms with E-state index in [0.29, 0.717) is 0 Å².